The fourth-order valence-corrected chi connectivity index (χ4v) is 1.61. The highest BCUT2D eigenvalue weighted by Crippen LogP contribution is 2.22. The highest BCUT2D eigenvalue weighted by molar-refractivity contribution is 14.1. The van der Waals surface area contributed by atoms with E-state index in [9.17, 15) is 4.79 Å². The van der Waals surface area contributed by atoms with Crippen molar-refractivity contribution in [3.63, 3.8) is 0 Å². The van der Waals surface area contributed by atoms with Gasteiger partial charge in [0.15, 0.2) is 0 Å². The number of rotatable bonds is 1. The molecule has 1 rings (SSSR count). The Labute approximate surface area is 98.6 Å². The quantitative estimate of drug-likeness (QED) is 0.748. The zero-order valence-corrected chi connectivity index (χ0v) is 10.6. The van der Waals surface area contributed by atoms with Gasteiger partial charge in [0.2, 0.25) is 0 Å². The number of hydrogen-bond donors (Lipinski definition) is 2. The Bertz CT molecular complexity index is 330. The molecule has 70 valence electrons. The highest BCUT2D eigenvalue weighted by atomic mass is 127. The van der Waals surface area contributed by atoms with Crippen LogP contribution in [0, 0.1) is 3.57 Å². The Morgan fingerprint density at radius 3 is 2.85 bits per heavy atom. The number of carbonyl (C=O) groups excluding carboxylic acids is 1. The van der Waals surface area contributed by atoms with Crippen molar-refractivity contribution in [1.82, 2.24) is 5.32 Å². The van der Waals surface area contributed by atoms with E-state index in [1.165, 1.54) is 0 Å². The normalized spacial score (nSPS) is 9.46. The molecule has 0 aliphatic rings. The number of amides is 2. The van der Waals surface area contributed by atoms with Crippen molar-refractivity contribution >= 4 is 50.2 Å². The minimum absolute atomic E-state index is 0.212. The minimum Gasteiger partial charge on any atom is -0.341 e. The van der Waals surface area contributed by atoms with Crippen molar-refractivity contribution in [2.45, 2.75) is 0 Å². The maximum absolute atomic E-state index is 11.0. The van der Waals surface area contributed by atoms with Crippen LogP contribution in [0.2, 0.25) is 0 Å². The molecule has 0 heterocycles. The van der Waals surface area contributed by atoms with Gasteiger partial charge in [-0.1, -0.05) is 15.9 Å². The lowest BCUT2D eigenvalue weighted by molar-refractivity contribution is 0.254. The summed E-state index contributed by atoms with van der Waals surface area (Å²) in [7, 11) is 1.58. The van der Waals surface area contributed by atoms with E-state index in [0.29, 0.717) is 0 Å². The fourth-order valence-electron chi connectivity index (χ4n) is 0.778. The molecule has 0 aliphatic heterocycles. The van der Waals surface area contributed by atoms with Crippen molar-refractivity contribution in [1.29, 1.82) is 0 Å². The molecule has 2 N–H and O–H groups in total. The van der Waals surface area contributed by atoms with E-state index in [4.69, 9.17) is 0 Å². The molecule has 0 radical (unpaired) electrons. The molecule has 3 nitrogen and oxygen atoms in total. The third-order valence-corrected chi connectivity index (χ3v) is 2.84. The predicted molar refractivity (Wildman–Crippen MR) is 64.9 cm³/mol. The van der Waals surface area contributed by atoms with Crippen LogP contribution in [0.5, 0.6) is 0 Å². The van der Waals surface area contributed by atoms with Crippen LogP contribution in [0.15, 0.2) is 22.7 Å². The van der Waals surface area contributed by atoms with Crippen molar-refractivity contribution in [3.8, 4) is 0 Å². The average Bonchev–Trinajstić information content (AvgIpc) is 2.11. The fraction of sp³-hybridized carbons (Fsp3) is 0.125. The number of nitrogens with one attached hydrogen (secondary N) is 2. The Morgan fingerprint density at radius 1 is 1.54 bits per heavy atom. The van der Waals surface area contributed by atoms with E-state index in [-0.39, 0.29) is 6.03 Å². The Balaban J connectivity index is 2.87. The van der Waals surface area contributed by atoms with Gasteiger partial charge >= 0.3 is 6.03 Å². The molecule has 5 heteroatoms. The molecule has 0 saturated carbocycles. The third kappa shape index (κ3) is 3.15. The molecule has 2 amide bonds. The first kappa shape index (κ1) is 10.8. The molecule has 13 heavy (non-hydrogen) atoms. The van der Waals surface area contributed by atoms with Gasteiger partial charge in [0, 0.05) is 15.1 Å². The smallest absolute Gasteiger partial charge is 0.319 e. The van der Waals surface area contributed by atoms with Crippen LogP contribution in [0.4, 0.5) is 10.5 Å². The van der Waals surface area contributed by atoms with E-state index >= 15 is 0 Å². The molecule has 0 atom stereocenters. The van der Waals surface area contributed by atoms with E-state index in [2.05, 4.69) is 49.2 Å². The molecule has 0 aliphatic carbocycles. The molecule has 0 fully saturated rings. The first-order valence-corrected chi connectivity index (χ1v) is 5.44. The van der Waals surface area contributed by atoms with Crippen molar-refractivity contribution in [2.24, 2.45) is 0 Å². The van der Waals surface area contributed by atoms with Crippen LogP contribution >= 0.6 is 38.5 Å². The molecular formula is C8H8BrIN2O. The number of benzene rings is 1. The number of urea groups is 1. The number of carbonyl (C=O) groups is 1. The lowest BCUT2D eigenvalue weighted by Crippen LogP contribution is -2.24. The van der Waals surface area contributed by atoms with E-state index in [1.807, 2.05) is 18.2 Å². The zero-order valence-electron chi connectivity index (χ0n) is 6.90. The van der Waals surface area contributed by atoms with Crippen LogP contribution in [0.3, 0.4) is 0 Å². The molecular weight excluding hydrogens is 347 g/mol. The number of halogens is 2. The van der Waals surface area contributed by atoms with Gasteiger partial charge in [-0.3, -0.25) is 0 Å². The maximum Gasteiger partial charge on any atom is 0.319 e. The molecule has 0 spiro atoms. The van der Waals surface area contributed by atoms with E-state index in [0.717, 1.165) is 13.7 Å². The van der Waals surface area contributed by atoms with Gasteiger partial charge in [0.05, 0.1) is 5.69 Å². The summed E-state index contributed by atoms with van der Waals surface area (Å²) in [6, 6.07) is 5.50. The van der Waals surface area contributed by atoms with Crippen LogP contribution in [-0.4, -0.2) is 13.1 Å². The first-order chi connectivity index (χ1) is 6.13. The van der Waals surface area contributed by atoms with E-state index in [1.54, 1.807) is 7.05 Å². The van der Waals surface area contributed by atoms with Gasteiger partial charge in [0.1, 0.15) is 0 Å². The Morgan fingerprint density at radius 2 is 2.23 bits per heavy atom. The summed E-state index contributed by atoms with van der Waals surface area (Å²) in [6.45, 7) is 0. The number of hydrogen-bond acceptors (Lipinski definition) is 1. The van der Waals surface area contributed by atoms with Gasteiger partial charge in [0.25, 0.3) is 0 Å². The third-order valence-electron chi connectivity index (χ3n) is 1.40. The first-order valence-electron chi connectivity index (χ1n) is 3.57. The lowest BCUT2D eigenvalue weighted by atomic mass is 10.3. The molecule has 0 unspecified atom stereocenters. The summed E-state index contributed by atoms with van der Waals surface area (Å²) in [4.78, 5) is 11.0. The van der Waals surface area contributed by atoms with Crippen molar-refractivity contribution < 1.29 is 4.79 Å². The van der Waals surface area contributed by atoms with Crippen LogP contribution in [0.25, 0.3) is 0 Å². The van der Waals surface area contributed by atoms with Gasteiger partial charge in [-0.05, 0) is 40.8 Å². The summed E-state index contributed by atoms with van der Waals surface area (Å²) in [5.41, 5.74) is 0.800. The number of anilines is 1. The lowest BCUT2D eigenvalue weighted by Gasteiger charge is -2.06. The van der Waals surface area contributed by atoms with Gasteiger partial charge in [-0.15, -0.1) is 0 Å². The standard InChI is InChI=1S/C8H8BrIN2O/c1-11-8(13)12-7-4-5(9)2-3-6(7)10/h2-4H,1H3,(H2,11,12,13). The Hall–Kier alpha value is -0.300. The van der Waals surface area contributed by atoms with Crippen LogP contribution < -0.4 is 10.6 Å². The molecule has 1 aromatic carbocycles. The monoisotopic (exact) mass is 354 g/mol. The average molecular weight is 355 g/mol. The summed E-state index contributed by atoms with van der Waals surface area (Å²) in [5, 5.41) is 5.20. The molecule has 0 saturated heterocycles. The summed E-state index contributed by atoms with van der Waals surface area (Å²) in [6.07, 6.45) is 0. The van der Waals surface area contributed by atoms with Gasteiger partial charge < -0.3 is 10.6 Å². The predicted octanol–water partition coefficient (Wildman–Crippen LogP) is 2.81. The summed E-state index contributed by atoms with van der Waals surface area (Å²) in [5.74, 6) is 0. The van der Waals surface area contributed by atoms with E-state index < -0.39 is 0 Å². The minimum atomic E-state index is -0.212. The molecule has 0 bridgehead atoms. The summed E-state index contributed by atoms with van der Waals surface area (Å²) >= 11 is 5.50. The largest absolute Gasteiger partial charge is 0.341 e. The van der Waals surface area contributed by atoms with Crippen LogP contribution in [-0.2, 0) is 0 Å². The second-order valence-electron chi connectivity index (χ2n) is 2.33. The topological polar surface area (TPSA) is 41.1 Å². The van der Waals surface area contributed by atoms with Gasteiger partial charge in [-0.25, -0.2) is 4.79 Å². The molecule has 0 aromatic heterocycles. The maximum atomic E-state index is 11.0. The Kier molecular flexibility index (Phi) is 3.98. The zero-order chi connectivity index (χ0) is 9.84. The van der Waals surface area contributed by atoms with Crippen LogP contribution in [0.1, 0.15) is 0 Å². The van der Waals surface area contributed by atoms with Crippen molar-refractivity contribution in [2.75, 3.05) is 12.4 Å². The summed E-state index contributed by atoms with van der Waals surface area (Å²) < 4.78 is 1.95. The second kappa shape index (κ2) is 4.80. The van der Waals surface area contributed by atoms with Gasteiger partial charge in [-0.2, -0.15) is 0 Å². The second-order valence-corrected chi connectivity index (χ2v) is 4.41. The van der Waals surface area contributed by atoms with Crippen molar-refractivity contribution in [3.05, 3.63) is 26.2 Å². The molecule has 1 aromatic rings. The highest BCUT2D eigenvalue weighted by Gasteiger charge is 2.03. The SMILES string of the molecule is CNC(=O)Nc1cc(Br)ccc1I.